The van der Waals surface area contributed by atoms with Gasteiger partial charge >= 0.3 is 0 Å². The molecular formula is C10H5ClN6. The summed E-state index contributed by atoms with van der Waals surface area (Å²) < 4.78 is 0. The number of hydrogen-bond acceptors (Lipinski definition) is 5. The summed E-state index contributed by atoms with van der Waals surface area (Å²) in [5.41, 5.74) is 3.63. The maximum absolute atomic E-state index is 8.51. The van der Waals surface area contributed by atoms with Crippen LogP contribution in [0.2, 0.25) is 5.02 Å². The summed E-state index contributed by atoms with van der Waals surface area (Å²) in [6.07, 6.45) is 1.61. The average Bonchev–Trinajstić information content (AvgIpc) is 2.79. The third-order valence-electron chi connectivity index (χ3n) is 2.02. The number of halogens is 1. The van der Waals surface area contributed by atoms with Crippen LogP contribution in [-0.4, -0.2) is 15.9 Å². The van der Waals surface area contributed by atoms with Crippen molar-refractivity contribution in [2.75, 3.05) is 5.43 Å². The van der Waals surface area contributed by atoms with E-state index < -0.39 is 0 Å². The minimum Gasteiger partial charge on any atom is -0.278 e. The molecule has 1 aromatic carbocycles. The molecule has 82 valence electrons. The Labute approximate surface area is 101 Å². The maximum atomic E-state index is 8.51. The van der Waals surface area contributed by atoms with Gasteiger partial charge in [0.25, 0.3) is 0 Å². The molecule has 1 heterocycles. The van der Waals surface area contributed by atoms with Crippen LogP contribution in [0.15, 0.2) is 23.4 Å². The zero-order valence-corrected chi connectivity index (χ0v) is 9.15. The van der Waals surface area contributed by atoms with Gasteiger partial charge in [-0.05, 0) is 12.1 Å². The minimum absolute atomic E-state index is 0.258. The van der Waals surface area contributed by atoms with Gasteiger partial charge in [-0.3, -0.25) is 10.5 Å². The van der Waals surface area contributed by atoms with Crippen molar-refractivity contribution < 1.29 is 0 Å². The van der Waals surface area contributed by atoms with Crippen LogP contribution >= 0.6 is 11.6 Å². The normalized spacial score (nSPS) is 9.35. The Balaban J connectivity index is 2.35. The fraction of sp³-hybridized carbons (Fsp3) is 0. The van der Waals surface area contributed by atoms with Gasteiger partial charge in [-0.25, -0.2) is 0 Å². The topological polar surface area (TPSA) is 101 Å². The largest absolute Gasteiger partial charge is 0.278 e. The van der Waals surface area contributed by atoms with Gasteiger partial charge in [-0.2, -0.15) is 20.7 Å². The number of rotatable bonds is 2. The molecule has 6 nitrogen and oxygen atoms in total. The van der Waals surface area contributed by atoms with Gasteiger partial charge in [0, 0.05) is 5.39 Å². The fourth-order valence-corrected chi connectivity index (χ4v) is 1.54. The molecule has 0 amide bonds. The van der Waals surface area contributed by atoms with E-state index in [1.807, 2.05) is 0 Å². The Bertz CT molecular complexity index is 656. The molecule has 0 spiro atoms. The lowest BCUT2D eigenvalue weighted by Gasteiger charge is -2.01. The van der Waals surface area contributed by atoms with E-state index >= 15 is 0 Å². The molecule has 2 aromatic rings. The fourth-order valence-electron chi connectivity index (χ4n) is 1.27. The van der Waals surface area contributed by atoms with Gasteiger partial charge in [-0.1, -0.05) is 11.6 Å². The van der Waals surface area contributed by atoms with Crippen molar-refractivity contribution in [3.05, 3.63) is 23.4 Å². The number of H-pyrrole nitrogens is 1. The van der Waals surface area contributed by atoms with Crippen LogP contribution in [0.1, 0.15) is 0 Å². The molecule has 0 aliphatic heterocycles. The summed E-state index contributed by atoms with van der Waals surface area (Å²) in [5, 5.41) is 28.6. The van der Waals surface area contributed by atoms with Crippen molar-refractivity contribution in [2.45, 2.75) is 0 Å². The average molecular weight is 245 g/mol. The zero-order valence-electron chi connectivity index (χ0n) is 8.40. The number of hydrazone groups is 1. The number of benzene rings is 1. The van der Waals surface area contributed by atoms with Gasteiger partial charge in [0.2, 0.25) is 5.71 Å². The Kier molecular flexibility index (Phi) is 2.91. The molecule has 0 fully saturated rings. The predicted octanol–water partition coefficient (Wildman–Crippen LogP) is 2.03. The summed E-state index contributed by atoms with van der Waals surface area (Å²) in [4.78, 5) is 0. The second kappa shape index (κ2) is 4.52. The van der Waals surface area contributed by atoms with E-state index in [9.17, 15) is 0 Å². The summed E-state index contributed by atoms with van der Waals surface area (Å²) in [5.74, 6) is 0. The zero-order chi connectivity index (χ0) is 12.3. The van der Waals surface area contributed by atoms with E-state index in [1.54, 1.807) is 30.5 Å². The molecule has 2 rings (SSSR count). The van der Waals surface area contributed by atoms with Crippen LogP contribution in [-0.2, 0) is 0 Å². The third kappa shape index (κ3) is 2.17. The number of fused-ring (bicyclic) bond motifs is 1. The third-order valence-corrected chi connectivity index (χ3v) is 2.33. The molecule has 17 heavy (non-hydrogen) atoms. The first-order valence-corrected chi connectivity index (χ1v) is 4.89. The van der Waals surface area contributed by atoms with Crippen molar-refractivity contribution in [1.29, 1.82) is 10.5 Å². The van der Waals surface area contributed by atoms with Crippen molar-refractivity contribution in [1.82, 2.24) is 10.2 Å². The van der Waals surface area contributed by atoms with Crippen LogP contribution in [0.4, 0.5) is 5.69 Å². The first-order valence-electron chi connectivity index (χ1n) is 4.51. The van der Waals surface area contributed by atoms with E-state index in [4.69, 9.17) is 22.1 Å². The molecule has 0 radical (unpaired) electrons. The van der Waals surface area contributed by atoms with Crippen LogP contribution < -0.4 is 5.43 Å². The van der Waals surface area contributed by atoms with Crippen molar-refractivity contribution in [2.24, 2.45) is 5.10 Å². The van der Waals surface area contributed by atoms with E-state index in [0.717, 1.165) is 10.9 Å². The van der Waals surface area contributed by atoms with Crippen LogP contribution in [0.25, 0.3) is 10.9 Å². The summed E-state index contributed by atoms with van der Waals surface area (Å²) in [6, 6.07) is 6.64. The molecular weight excluding hydrogens is 240 g/mol. The number of aromatic nitrogens is 2. The molecule has 0 unspecified atom stereocenters. The quantitative estimate of drug-likeness (QED) is 0.623. The molecule has 0 saturated carbocycles. The monoisotopic (exact) mass is 244 g/mol. The Morgan fingerprint density at radius 3 is 2.88 bits per heavy atom. The maximum Gasteiger partial charge on any atom is 0.237 e. The molecule has 2 N–H and O–H groups in total. The summed E-state index contributed by atoms with van der Waals surface area (Å²) in [6.45, 7) is 0. The van der Waals surface area contributed by atoms with Gasteiger partial charge in [-0.15, -0.1) is 0 Å². The number of anilines is 1. The first-order chi connectivity index (χ1) is 8.24. The van der Waals surface area contributed by atoms with Gasteiger partial charge in [0.05, 0.1) is 22.4 Å². The SMILES string of the molecule is N#CC(C#N)=NNc1cc(Cl)c2cn[nH]c2c1. The summed E-state index contributed by atoms with van der Waals surface area (Å²) in [7, 11) is 0. The highest BCUT2D eigenvalue weighted by atomic mass is 35.5. The number of aromatic amines is 1. The second-order valence-electron chi connectivity index (χ2n) is 3.09. The molecule has 0 saturated heterocycles. The van der Waals surface area contributed by atoms with Crippen LogP contribution in [0, 0.1) is 22.7 Å². The second-order valence-corrected chi connectivity index (χ2v) is 3.49. The number of hydrogen-bond donors (Lipinski definition) is 2. The Hall–Kier alpha value is -2.57. The predicted molar refractivity (Wildman–Crippen MR) is 63.4 cm³/mol. The Morgan fingerprint density at radius 2 is 2.18 bits per heavy atom. The first kappa shape index (κ1) is 10.9. The number of nitrogens with zero attached hydrogens (tertiary/aromatic N) is 4. The highest BCUT2D eigenvalue weighted by molar-refractivity contribution is 6.35. The van der Waals surface area contributed by atoms with Gasteiger partial charge in [0.1, 0.15) is 12.1 Å². The molecule has 0 aliphatic rings. The minimum atomic E-state index is -0.258. The van der Waals surface area contributed by atoms with E-state index in [0.29, 0.717) is 10.7 Å². The van der Waals surface area contributed by atoms with Crippen LogP contribution in [0.3, 0.4) is 0 Å². The smallest absolute Gasteiger partial charge is 0.237 e. The molecule has 0 bridgehead atoms. The lowest BCUT2D eigenvalue weighted by molar-refractivity contribution is 1.12. The molecule has 0 atom stereocenters. The van der Waals surface area contributed by atoms with E-state index in [1.165, 1.54) is 0 Å². The standard InChI is InChI=1S/C10H5ClN6/c11-9-1-6(15-16-7(3-12)4-13)2-10-8(9)5-14-17-10/h1-2,5,15H,(H,14,17). The molecule has 0 aliphatic carbocycles. The number of nitriles is 2. The molecule has 7 heteroatoms. The lowest BCUT2D eigenvalue weighted by atomic mass is 10.2. The van der Waals surface area contributed by atoms with Gasteiger partial charge < -0.3 is 0 Å². The van der Waals surface area contributed by atoms with E-state index in [2.05, 4.69) is 20.7 Å². The number of nitrogens with one attached hydrogen (secondary N) is 2. The van der Waals surface area contributed by atoms with Crippen molar-refractivity contribution >= 4 is 33.9 Å². The summed E-state index contributed by atoms with van der Waals surface area (Å²) >= 11 is 6.01. The van der Waals surface area contributed by atoms with Crippen molar-refractivity contribution in [3.8, 4) is 12.1 Å². The lowest BCUT2D eigenvalue weighted by Crippen LogP contribution is -1.96. The highest BCUT2D eigenvalue weighted by Crippen LogP contribution is 2.26. The molecule has 1 aromatic heterocycles. The van der Waals surface area contributed by atoms with Crippen LogP contribution in [0.5, 0.6) is 0 Å². The Morgan fingerprint density at radius 1 is 1.41 bits per heavy atom. The van der Waals surface area contributed by atoms with E-state index in [-0.39, 0.29) is 5.71 Å². The van der Waals surface area contributed by atoms with Crippen molar-refractivity contribution in [3.63, 3.8) is 0 Å². The van der Waals surface area contributed by atoms with Gasteiger partial charge in [0.15, 0.2) is 0 Å². The highest BCUT2D eigenvalue weighted by Gasteiger charge is 2.03.